The molecule has 0 bridgehead atoms. The lowest BCUT2D eigenvalue weighted by atomic mass is 9.92. The molecular formula is C13H25NO5. The fraction of sp³-hybridized carbons (Fsp3) is 0.923. The number of β-amino-alcohol motifs (C(OH)–C–C–N with tert-alkyl or cyclic N) is 1. The van der Waals surface area contributed by atoms with Gasteiger partial charge in [0.15, 0.2) is 0 Å². The maximum absolute atomic E-state index is 11.2. The van der Waals surface area contributed by atoms with Crippen molar-refractivity contribution in [3.05, 3.63) is 0 Å². The van der Waals surface area contributed by atoms with Gasteiger partial charge >= 0.3 is 5.97 Å². The summed E-state index contributed by atoms with van der Waals surface area (Å²) < 4.78 is 10.1. The number of nitrogens with zero attached hydrogens (tertiary/aromatic N) is 1. The Balaban J connectivity index is 2.34. The summed E-state index contributed by atoms with van der Waals surface area (Å²) >= 11 is 0. The lowest BCUT2D eigenvalue weighted by molar-refractivity contribution is -0.146. The van der Waals surface area contributed by atoms with Crippen molar-refractivity contribution in [2.24, 2.45) is 5.92 Å². The van der Waals surface area contributed by atoms with Crippen LogP contribution in [0.25, 0.3) is 0 Å². The highest BCUT2D eigenvalue weighted by atomic mass is 16.5. The molecule has 0 amide bonds. The smallest absolute Gasteiger partial charge is 0.320 e. The Hall–Kier alpha value is -0.690. The molecule has 1 aliphatic heterocycles. The second kappa shape index (κ2) is 8.47. The van der Waals surface area contributed by atoms with E-state index >= 15 is 0 Å². The average Bonchev–Trinajstić information content (AvgIpc) is 2.36. The van der Waals surface area contributed by atoms with Crippen molar-refractivity contribution in [1.82, 2.24) is 4.90 Å². The number of carbonyl (C=O) groups is 1. The Kier molecular flexibility index (Phi) is 7.30. The first-order valence-corrected chi connectivity index (χ1v) is 6.76. The first kappa shape index (κ1) is 16.4. The number of carboxylic acid groups (broad SMARTS) is 1. The molecule has 1 aliphatic rings. The maximum Gasteiger partial charge on any atom is 0.320 e. The molecule has 0 spiro atoms. The first-order valence-electron chi connectivity index (χ1n) is 6.76. The van der Waals surface area contributed by atoms with Gasteiger partial charge in [0.2, 0.25) is 0 Å². The van der Waals surface area contributed by atoms with Crippen molar-refractivity contribution in [2.45, 2.75) is 31.9 Å². The zero-order valence-corrected chi connectivity index (χ0v) is 11.7. The van der Waals surface area contributed by atoms with Gasteiger partial charge in [0, 0.05) is 13.7 Å². The minimum Gasteiger partial charge on any atom is -0.480 e. The highest BCUT2D eigenvalue weighted by Crippen LogP contribution is 2.22. The average molecular weight is 275 g/mol. The molecule has 6 nitrogen and oxygen atoms in total. The Morgan fingerprint density at radius 3 is 2.84 bits per heavy atom. The van der Waals surface area contributed by atoms with E-state index in [1.165, 1.54) is 0 Å². The van der Waals surface area contributed by atoms with Crippen molar-refractivity contribution in [1.29, 1.82) is 0 Å². The Bertz CT molecular complexity index is 274. The second-order valence-corrected chi connectivity index (χ2v) is 5.20. The van der Waals surface area contributed by atoms with E-state index in [0.29, 0.717) is 38.6 Å². The summed E-state index contributed by atoms with van der Waals surface area (Å²) in [6, 6.07) is -0.489. The quantitative estimate of drug-likeness (QED) is 0.616. The molecule has 1 rings (SSSR count). The van der Waals surface area contributed by atoms with Crippen LogP contribution in [0.1, 0.15) is 19.8 Å². The molecule has 2 N–H and O–H groups in total. The van der Waals surface area contributed by atoms with E-state index in [9.17, 15) is 15.0 Å². The first-order chi connectivity index (χ1) is 9.04. The van der Waals surface area contributed by atoms with Crippen LogP contribution in [0.5, 0.6) is 0 Å². The number of hydrogen-bond donors (Lipinski definition) is 2. The van der Waals surface area contributed by atoms with Gasteiger partial charge in [-0.1, -0.05) is 6.92 Å². The summed E-state index contributed by atoms with van der Waals surface area (Å²) in [5.74, 6) is -0.383. The van der Waals surface area contributed by atoms with Crippen molar-refractivity contribution in [3.63, 3.8) is 0 Å². The van der Waals surface area contributed by atoms with Crippen LogP contribution in [0.3, 0.4) is 0 Å². The van der Waals surface area contributed by atoms with Crippen molar-refractivity contribution >= 4 is 5.97 Å². The van der Waals surface area contributed by atoms with Crippen LogP contribution >= 0.6 is 0 Å². The fourth-order valence-electron chi connectivity index (χ4n) is 2.35. The van der Waals surface area contributed by atoms with Crippen LogP contribution in [0.4, 0.5) is 0 Å². The predicted octanol–water partition coefficient (Wildman–Crippen LogP) is 0.195. The zero-order chi connectivity index (χ0) is 14.3. The van der Waals surface area contributed by atoms with E-state index in [2.05, 4.69) is 6.92 Å². The topological polar surface area (TPSA) is 79.2 Å². The number of aliphatic hydroxyl groups is 1. The molecule has 1 heterocycles. The van der Waals surface area contributed by atoms with E-state index in [1.54, 1.807) is 7.11 Å². The van der Waals surface area contributed by atoms with Crippen molar-refractivity contribution in [2.75, 3.05) is 40.0 Å². The summed E-state index contributed by atoms with van der Waals surface area (Å²) in [4.78, 5) is 13.1. The summed E-state index contributed by atoms with van der Waals surface area (Å²) in [6.45, 7) is 4.27. The molecule has 0 aliphatic carbocycles. The van der Waals surface area contributed by atoms with Crippen LogP contribution in [0, 0.1) is 5.92 Å². The van der Waals surface area contributed by atoms with E-state index in [1.807, 2.05) is 4.90 Å². The maximum atomic E-state index is 11.2. The molecule has 3 unspecified atom stereocenters. The van der Waals surface area contributed by atoms with Gasteiger partial charge in [0.25, 0.3) is 0 Å². The number of likely N-dealkylation sites (tertiary alicyclic amines) is 1. The van der Waals surface area contributed by atoms with Gasteiger partial charge in [-0.05, 0) is 25.3 Å². The van der Waals surface area contributed by atoms with E-state index < -0.39 is 18.1 Å². The van der Waals surface area contributed by atoms with Crippen LogP contribution in [0.15, 0.2) is 0 Å². The molecule has 0 aromatic carbocycles. The monoisotopic (exact) mass is 275 g/mol. The molecule has 0 aromatic heterocycles. The molecule has 0 aromatic rings. The molecule has 3 atom stereocenters. The van der Waals surface area contributed by atoms with Gasteiger partial charge < -0.3 is 19.7 Å². The lowest BCUT2D eigenvalue weighted by Crippen LogP contribution is -2.50. The van der Waals surface area contributed by atoms with E-state index in [0.717, 1.165) is 6.42 Å². The van der Waals surface area contributed by atoms with Gasteiger partial charge in [0.05, 0.1) is 25.9 Å². The largest absolute Gasteiger partial charge is 0.480 e. The van der Waals surface area contributed by atoms with Gasteiger partial charge in [-0.2, -0.15) is 0 Å². The second-order valence-electron chi connectivity index (χ2n) is 5.20. The summed E-state index contributed by atoms with van der Waals surface area (Å²) in [6.07, 6.45) is 0.959. The zero-order valence-electron chi connectivity index (χ0n) is 11.7. The van der Waals surface area contributed by atoms with Crippen LogP contribution < -0.4 is 0 Å². The normalized spacial score (nSPS) is 26.3. The number of piperidine rings is 1. The van der Waals surface area contributed by atoms with Crippen molar-refractivity contribution in [3.8, 4) is 0 Å². The molecule has 0 saturated carbocycles. The van der Waals surface area contributed by atoms with Gasteiger partial charge in [-0.15, -0.1) is 0 Å². The summed E-state index contributed by atoms with van der Waals surface area (Å²) in [5, 5.41) is 19.1. The van der Waals surface area contributed by atoms with Crippen LogP contribution in [-0.2, 0) is 14.3 Å². The van der Waals surface area contributed by atoms with E-state index in [4.69, 9.17) is 9.47 Å². The van der Waals surface area contributed by atoms with Crippen molar-refractivity contribution < 1.29 is 24.5 Å². The number of carboxylic acids is 1. The van der Waals surface area contributed by atoms with Gasteiger partial charge in [0.1, 0.15) is 6.04 Å². The number of rotatable bonds is 8. The molecule has 112 valence electrons. The van der Waals surface area contributed by atoms with Gasteiger partial charge in [-0.3, -0.25) is 9.69 Å². The predicted molar refractivity (Wildman–Crippen MR) is 70.1 cm³/mol. The number of aliphatic hydroxyl groups excluding tert-OH is 1. The molecule has 1 fully saturated rings. The number of aliphatic carboxylic acids is 1. The van der Waals surface area contributed by atoms with E-state index in [-0.39, 0.29) is 6.61 Å². The molecule has 19 heavy (non-hydrogen) atoms. The summed E-state index contributed by atoms with van der Waals surface area (Å²) in [7, 11) is 1.59. The number of methoxy groups -OCH3 is 1. The minimum atomic E-state index is -0.806. The Morgan fingerprint density at radius 1 is 1.47 bits per heavy atom. The standard InChI is InChI=1S/C13H25NO5/c1-10-3-4-14(12(7-10)13(16)17)8-11(15)9-19-6-5-18-2/h10-12,15H,3-9H2,1-2H3,(H,16,17). The number of hydrogen-bond acceptors (Lipinski definition) is 5. The van der Waals surface area contributed by atoms with Crippen LogP contribution in [-0.4, -0.2) is 73.2 Å². The third kappa shape index (κ3) is 5.86. The third-order valence-electron chi connectivity index (χ3n) is 3.45. The third-order valence-corrected chi connectivity index (χ3v) is 3.45. The Labute approximate surface area is 114 Å². The summed E-state index contributed by atoms with van der Waals surface area (Å²) in [5.41, 5.74) is 0. The molecule has 0 radical (unpaired) electrons. The van der Waals surface area contributed by atoms with Gasteiger partial charge in [-0.25, -0.2) is 0 Å². The molecule has 1 saturated heterocycles. The van der Waals surface area contributed by atoms with Crippen LogP contribution in [0.2, 0.25) is 0 Å². The fourth-order valence-corrected chi connectivity index (χ4v) is 2.35. The molecule has 6 heteroatoms. The minimum absolute atomic E-state index is 0.210. The number of ether oxygens (including phenoxy) is 2. The Morgan fingerprint density at radius 2 is 2.21 bits per heavy atom. The molecular weight excluding hydrogens is 250 g/mol. The highest BCUT2D eigenvalue weighted by molar-refractivity contribution is 5.73. The lowest BCUT2D eigenvalue weighted by Gasteiger charge is -2.36. The SMILES string of the molecule is COCCOCC(O)CN1CCC(C)CC1C(=O)O. The highest BCUT2D eigenvalue weighted by Gasteiger charge is 2.32.